The molecule has 4 saturated carbocycles. The van der Waals surface area contributed by atoms with E-state index in [1.165, 1.54) is 14.0 Å². The maximum absolute atomic E-state index is 12.6. The second-order valence-corrected chi connectivity index (χ2v) is 12.6. The van der Waals surface area contributed by atoms with Crippen LogP contribution in [-0.2, 0) is 23.7 Å². The minimum Gasteiger partial charge on any atom is -0.461 e. The molecule has 4 aliphatic carbocycles. The molecule has 9 nitrogen and oxygen atoms in total. The molecule has 0 aliphatic heterocycles. The molecule has 4 aliphatic rings. The largest absolute Gasteiger partial charge is 0.508 e. The molecule has 0 aromatic carbocycles. The Hall–Kier alpha value is -1.74. The zero-order valence-electron chi connectivity index (χ0n) is 23.7. The predicted molar refractivity (Wildman–Crippen MR) is 144 cm³/mol. The molecule has 2 unspecified atom stereocenters. The van der Waals surface area contributed by atoms with E-state index in [-0.39, 0.29) is 53.0 Å². The van der Waals surface area contributed by atoms with Crippen LogP contribution in [0.15, 0.2) is 0 Å². The van der Waals surface area contributed by atoms with E-state index in [9.17, 15) is 14.4 Å². The quantitative estimate of drug-likeness (QED) is 0.352. The normalized spacial score (nSPS) is 41.1. The molecule has 10 heteroatoms. The van der Waals surface area contributed by atoms with Gasteiger partial charge in [-0.15, -0.1) is 12.4 Å². The van der Waals surface area contributed by atoms with Crippen LogP contribution in [0.5, 0.6) is 0 Å². The van der Waals surface area contributed by atoms with Crippen LogP contribution in [0, 0.1) is 28.6 Å². The SMILES string of the molecule is COC(=O)O[C@H]1CC[C@]2(N)[C@@H]3CC[C@@H]4C[C@@H](OC(=O)NC(C)C(C)OC(C)=O)CC[C@]4(C)[C@H]3CC[C@]12C.Cl. The Balaban J connectivity index is 0.00000400. The van der Waals surface area contributed by atoms with Crippen molar-refractivity contribution in [1.82, 2.24) is 5.32 Å². The van der Waals surface area contributed by atoms with Crippen LogP contribution < -0.4 is 11.1 Å². The monoisotopic (exact) mass is 558 g/mol. The van der Waals surface area contributed by atoms with Gasteiger partial charge in [0.05, 0.1) is 13.2 Å². The van der Waals surface area contributed by atoms with Crippen molar-refractivity contribution in [3.8, 4) is 0 Å². The average Bonchev–Trinajstić information content (AvgIpc) is 3.09. The Morgan fingerprint density at radius 2 is 1.66 bits per heavy atom. The van der Waals surface area contributed by atoms with Crippen molar-refractivity contribution in [3.05, 3.63) is 0 Å². The predicted octanol–water partition coefficient (Wildman–Crippen LogP) is 5.12. The number of esters is 1. The second-order valence-electron chi connectivity index (χ2n) is 12.6. The van der Waals surface area contributed by atoms with Gasteiger partial charge in [0.25, 0.3) is 0 Å². The van der Waals surface area contributed by atoms with E-state index < -0.39 is 18.4 Å². The molecule has 0 bridgehead atoms. The molecular formula is C28H47ClN2O7. The van der Waals surface area contributed by atoms with Crippen LogP contribution >= 0.6 is 12.4 Å². The lowest BCUT2D eigenvalue weighted by Crippen LogP contribution is -2.67. The van der Waals surface area contributed by atoms with E-state index in [4.69, 9.17) is 24.7 Å². The summed E-state index contributed by atoms with van der Waals surface area (Å²) in [6.45, 7) is 9.55. The molecule has 4 fully saturated rings. The minimum atomic E-state index is -0.620. The highest BCUT2D eigenvalue weighted by atomic mass is 35.5. The van der Waals surface area contributed by atoms with E-state index >= 15 is 0 Å². The number of fused-ring (bicyclic) bond motifs is 5. The lowest BCUT2D eigenvalue weighted by atomic mass is 9.43. The summed E-state index contributed by atoms with van der Waals surface area (Å²) in [5.41, 5.74) is 6.85. The third kappa shape index (κ3) is 5.34. The molecule has 0 aromatic rings. The van der Waals surface area contributed by atoms with Crippen molar-refractivity contribution in [2.75, 3.05) is 7.11 Å². The number of nitrogens with one attached hydrogen (secondary N) is 1. The minimum absolute atomic E-state index is 0. The molecule has 3 N–H and O–H groups in total. The highest BCUT2D eigenvalue weighted by Gasteiger charge is 2.67. The van der Waals surface area contributed by atoms with E-state index in [0.29, 0.717) is 17.8 Å². The van der Waals surface area contributed by atoms with Crippen molar-refractivity contribution in [2.45, 2.75) is 122 Å². The lowest BCUT2D eigenvalue weighted by Gasteiger charge is -2.64. The Kier molecular flexibility index (Phi) is 9.24. The third-order valence-electron chi connectivity index (χ3n) is 11.0. The maximum atomic E-state index is 12.6. The van der Waals surface area contributed by atoms with E-state index in [0.717, 1.165) is 57.8 Å². The highest BCUT2D eigenvalue weighted by molar-refractivity contribution is 5.85. The number of amides is 1. The first-order valence-electron chi connectivity index (χ1n) is 14.0. The van der Waals surface area contributed by atoms with Crippen molar-refractivity contribution >= 4 is 30.6 Å². The number of methoxy groups -OCH3 is 1. The molecule has 0 heterocycles. The fraction of sp³-hybridized carbons (Fsp3) is 0.893. The van der Waals surface area contributed by atoms with Crippen LogP contribution in [0.3, 0.4) is 0 Å². The number of halogens is 1. The van der Waals surface area contributed by atoms with Gasteiger partial charge >= 0.3 is 18.2 Å². The Morgan fingerprint density at radius 3 is 2.32 bits per heavy atom. The number of hydrogen-bond donors (Lipinski definition) is 2. The van der Waals surface area contributed by atoms with Gasteiger partial charge < -0.3 is 30.0 Å². The van der Waals surface area contributed by atoms with Crippen molar-refractivity contribution < 1.29 is 33.3 Å². The molecule has 0 spiro atoms. The third-order valence-corrected chi connectivity index (χ3v) is 11.0. The summed E-state index contributed by atoms with van der Waals surface area (Å²) in [4.78, 5) is 35.7. The smallest absolute Gasteiger partial charge is 0.461 e. The molecular weight excluding hydrogens is 512 g/mol. The van der Waals surface area contributed by atoms with Gasteiger partial charge in [0.1, 0.15) is 18.3 Å². The molecule has 218 valence electrons. The highest BCUT2D eigenvalue weighted by Crippen LogP contribution is 2.67. The summed E-state index contributed by atoms with van der Waals surface area (Å²) in [5, 5.41) is 2.82. The summed E-state index contributed by atoms with van der Waals surface area (Å²) in [5.74, 6) is 1.01. The van der Waals surface area contributed by atoms with Crippen molar-refractivity contribution in [1.29, 1.82) is 0 Å². The van der Waals surface area contributed by atoms with E-state index in [2.05, 4.69) is 19.2 Å². The number of ether oxygens (including phenoxy) is 4. The standard InChI is InChI=1S/C28H46N2O7.ClH/c1-16(17(2)35-18(3)31)30-24(32)36-20-9-12-26(4)19(15-20)7-8-22-21(26)10-13-27(5)23(37-25(33)34-6)11-14-28(22,27)29;/h16-17,19-23H,7-15,29H2,1-6H3,(H,30,32);1H/t16?,17?,19-,20+,21+,22-,23+,26+,27-,28+;/m1./s1. The number of hydrogen-bond acceptors (Lipinski definition) is 8. The van der Waals surface area contributed by atoms with Gasteiger partial charge in [0, 0.05) is 17.9 Å². The number of rotatable bonds is 5. The molecule has 4 rings (SSSR count). The Morgan fingerprint density at radius 1 is 0.947 bits per heavy atom. The molecule has 0 saturated heterocycles. The van der Waals surface area contributed by atoms with Crippen LogP contribution in [0.25, 0.3) is 0 Å². The van der Waals surface area contributed by atoms with E-state index in [1.54, 1.807) is 13.8 Å². The Labute approximate surface area is 233 Å². The molecule has 1 amide bonds. The number of carbonyl (C=O) groups excluding carboxylic acids is 3. The van der Waals surface area contributed by atoms with Gasteiger partial charge in [-0.2, -0.15) is 0 Å². The fourth-order valence-electron chi connectivity index (χ4n) is 8.55. The first kappa shape index (κ1) is 30.8. The zero-order valence-corrected chi connectivity index (χ0v) is 24.6. The van der Waals surface area contributed by atoms with Gasteiger partial charge in [-0.1, -0.05) is 13.8 Å². The van der Waals surface area contributed by atoms with Crippen LogP contribution in [0.1, 0.15) is 92.4 Å². The summed E-state index contributed by atoms with van der Waals surface area (Å²) in [6.07, 6.45) is 6.67. The van der Waals surface area contributed by atoms with Gasteiger partial charge in [-0.25, -0.2) is 9.59 Å². The topological polar surface area (TPSA) is 126 Å². The van der Waals surface area contributed by atoms with Crippen molar-refractivity contribution in [3.63, 3.8) is 0 Å². The summed E-state index contributed by atoms with van der Waals surface area (Å²) >= 11 is 0. The van der Waals surface area contributed by atoms with Crippen LogP contribution in [0.4, 0.5) is 9.59 Å². The fourth-order valence-corrected chi connectivity index (χ4v) is 8.55. The Bertz CT molecular complexity index is 904. The number of carbonyl (C=O) groups is 3. The number of nitrogens with two attached hydrogens (primary N) is 1. The molecule has 38 heavy (non-hydrogen) atoms. The van der Waals surface area contributed by atoms with Gasteiger partial charge in [-0.3, -0.25) is 4.79 Å². The molecule has 10 atom stereocenters. The molecule has 0 radical (unpaired) electrons. The second kappa shape index (κ2) is 11.4. The van der Waals surface area contributed by atoms with Crippen LogP contribution in [-0.4, -0.2) is 55.2 Å². The zero-order chi connectivity index (χ0) is 27.2. The first-order chi connectivity index (χ1) is 17.3. The van der Waals surface area contributed by atoms with Crippen LogP contribution in [0.2, 0.25) is 0 Å². The van der Waals surface area contributed by atoms with Gasteiger partial charge in [0.2, 0.25) is 0 Å². The number of alkyl carbamates (subject to hydrolysis) is 1. The van der Waals surface area contributed by atoms with Gasteiger partial charge in [0.15, 0.2) is 0 Å². The maximum Gasteiger partial charge on any atom is 0.508 e. The van der Waals surface area contributed by atoms with E-state index in [1.807, 2.05) is 0 Å². The first-order valence-corrected chi connectivity index (χ1v) is 14.0. The molecule has 0 aromatic heterocycles. The summed E-state index contributed by atoms with van der Waals surface area (Å²) in [6, 6.07) is -0.337. The summed E-state index contributed by atoms with van der Waals surface area (Å²) in [7, 11) is 1.35. The average molecular weight is 559 g/mol. The van der Waals surface area contributed by atoms with Gasteiger partial charge in [-0.05, 0) is 94.8 Å². The summed E-state index contributed by atoms with van der Waals surface area (Å²) < 4.78 is 21.5. The lowest BCUT2D eigenvalue weighted by molar-refractivity contribution is -0.147. The van der Waals surface area contributed by atoms with Crippen molar-refractivity contribution in [2.24, 2.45) is 34.3 Å².